The Morgan fingerprint density at radius 3 is 1.75 bits per heavy atom. The molecule has 0 amide bonds. The lowest BCUT2D eigenvalue weighted by Crippen LogP contribution is -2.39. The average molecular weight is 673 g/mol. The van der Waals surface area contributed by atoms with Gasteiger partial charge in [-0.2, -0.15) is 0 Å². The Kier molecular flexibility index (Phi) is 9.18. The maximum atomic E-state index is 12.3. The summed E-state index contributed by atoms with van der Waals surface area (Å²) in [5.41, 5.74) is 5.64. The molecule has 0 unspecified atom stereocenters. The van der Waals surface area contributed by atoms with Crippen LogP contribution in [0.3, 0.4) is 0 Å². The minimum absolute atomic E-state index is 0.00759. The highest BCUT2D eigenvalue weighted by atomic mass is 16.4. The highest BCUT2D eigenvalue weighted by Gasteiger charge is 2.42. The summed E-state index contributed by atoms with van der Waals surface area (Å²) in [5, 5.41) is 23.7. The SMILES string of the molecule is CCCc1nc(C(C)=O)c(C(=O)O)n1Cc1ccc(-c2ccccc2-c2nnnn2C(c2ccccc2)(c2ccccc2)c2ccccc2)cc1. The largest absolute Gasteiger partial charge is 0.477 e. The number of nitrogens with zero attached hydrogens (tertiary/aromatic N) is 6. The van der Waals surface area contributed by atoms with Gasteiger partial charge in [0.25, 0.3) is 0 Å². The first-order valence-electron chi connectivity index (χ1n) is 16.9. The topological polar surface area (TPSA) is 116 Å². The van der Waals surface area contributed by atoms with E-state index < -0.39 is 11.5 Å². The van der Waals surface area contributed by atoms with Gasteiger partial charge in [0.15, 0.2) is 17.3 Å². The van der Waals surface area contributed by atoms with E-state index in [1.165, 1.54) is 6.92 Å². The van der Waals surface area contributed by atoms with Crippen LogP contribution >= 0.6 is 0 Å². The second-order valence-corrected chi connectivity index (χ2v) is 12.4. The number of tetrazole rings is 1. The summed E-state index contributed by atoms with van der Waals surface area (Å²) in [7, 11) is 0. The molecule has 0 spiro atoms. The number of benzene rings is 5. The first-order valence-corrected chi connectivity index (χ1v) is 16.9. The van der Waals surface area contributed by atoms with Gasteiger partial charge in [0.2, 0.25) is 0 Å². The maximum Gasteiger partial charge on any atom is 0.354 e. The van der Waals surface area contributed by atoms with Gasteiger partial charge in [-0.25, -0.2) is 14.5 Å². The number of carboxylic acid groups (broad SMARTS) is 1. The molecule has 252 valence electrons. The minimum Gasteiger partial charge on any atom is -0.477 e. The molecule has 7 aromatic rings. The second-order valence-electron chi connectivity index (χ2n) is 12.4. The number of aryl methyl sites for hydroxylation is 1. The van der Waals surface area contributed by atoms with E-state index in [1.807, 2.05) is 109 Å². The Hall–Kier alpha value is -6.48. The molecule has 5 aromatic carbocycles. The van der Waals surface area contributed by atoms with Crippen molar-refractivity contribution in [1.29, 1.82) is 0 Å². The number of carbonyl (C=O) groups excluding carboxylic acids is 1. The molecule has 0 aliphatic carbocycles. The van der Waals surface area contributed by atoms with Gasteiger partial charge in [0.05, 0.1) is 0 Å². The molecule has 1 N–H and O–H groups in total. The van der Waals surface area contributed by atoms with Crippen molar-refractivity contribution in [2.75, 3.05) is 0 Å². The van der Waals surface area contributed by atoms with E-state index in [1.54, 1.807) is 4.57 Å². The quantitative estimate of drug-likeness (QED) is 0.103. The van der Waals surface area contributed by atoms with Crippen molar-refractivity contribution in [1.82, 2.24) is 29.8 Å². The van der Waals surface area contributed by atoms with Crippen molar-refractivity contribution in [2.24, 2.45) is 0 Å². The third kappa shape index (κ3) is 6.03. The summed E-state index contributed by atoms with van der Waals surface area (Å²) < 4.78 is 3.57. The summed E-state index contributed by atoms with van der Waals surface area (Å²) in [6.07, 6.45) is 1.33. The molecule has 0 aliphatic heterocycles. The van der Waals surface area contributed by atoms with Gasteiger partial charge in [-0.15, -0.1) is 5.10 Å². The molecular formula is C42H36N6O3. The number of hydrogen-bond acceptors (Lipinski definition) is 6. The Morgan fingerprint density at radius 2 is 1.24 bits per heavy atom. The van der Waals surface area contributed by atoms with E-state index in [0.29, 0.717) is 18.1 Å². The van der Waals surface area contributed by atoms with E-state index in [4.69, 9.17) is 5.21 Å². The van der Waals surface area contributed by atoms with Gasteiger partial charge in [-0.05, 0) is 50.2 Å². The highest BCUT2D eigenvalue weighted by Crippen LogP contribution is 2.43. The molecule has 0 radical (unpaired) electrons. The van der Waals surface area contributed by atoms with Crippen molar-refractivity contribution in [3.8, 4) is 22.5 Å². The zero-order valence-corrected chi connectivity index (χ0v) is 28.3. The molecule has 51 heavy (non-hydrogen) atoms. The van der Waals surface area contributed by atoms with Crippen LogP contribution in [0.5, 0.6) is 0 Å². The number of ketones is 1. The number of hydrogen-bond donors (Lipinski definition) is 1. The van der Waals surface area contributed by atoms with Crippen LogP contribution in [0.2, 0.25) is 0 Å². The monoisotopic (exact) mass is 672 g/mol. The number of carboxylic acids is 1. The second kappa shape index (κ2) is 14.2. The predicted octanol–water partition coefficient (Wildman–Crippen LogP) is 7.95. The van der Waals surface area contributed by atoms with E-state index in [0.717, 1.165) is 45.4 Å². The molecule has 0 atom stereocenters. The fraction of sp³-hybridized carbons (Fsp3) is 0.143. The van der Waals surface area contributed by atoms with Gasteiger partial charge in [-0.1, -0.05) is 146 Å². The number of carbonyl (C=O) groups is 2. The van der Waals surface area contributed by atoms with E-state index in [9.17, 15) is 14.7 Å². The fourth-order valence-electron chi connectivity index (χ4n) is 6.93. The van der Waals surface area contributed by atoms with Gasteiger partial charge in [0, 0.05) is 25.5 Å². The lowest BCUT2D eigenvalue weighted by Gasteiger charge is -2.36. The lowest BCUT2D eigenvalue weighted by atomic mass is 9.77. The van der Waals surface area contributed by atoms with Crippen LogP contribution in [0.4, 0.5) is 0 Å². The first-order chi connectivity index (χ1) is 24.9. The molecule has 0 aliphatic rings. The zero-order chi connectivity index (χ0) is 35.4. The highest BCUT2D eigenvalue weighted by molar-refractivity contribution is 6.02. The molecule has 2 heterocycles. The summed E-state index contributed by atoms with van der Waals surface area (Å²) in [4.78, 5) is 29.0. The average Bonchev–Trinajstić information content (AvgIpc) is 3.80. The maximum absolute atomic E-state index is 12.3. The number of imidazole rings is 1. The van der Waals surface area contributed by atoms with Crippen LogP contribution in [0.25, 0.3) is 22.5 Å². The minimum atomic E-state index is -1.17. The number of rotatable bonds is 12. The van der Waals surface area contributed by atoms with Crippen LogP contribution in [0.15, 0.2) is 140 Å². The Bertz CT molecular complexity index is 2200. The molecule has 0 bridgehead atoms. The molecule has 9 heteroatoms. The third-order valence-corrected chi connectivity index (χ3v) is 9.19. The number of aromatic carboxylic acids is 1. The lowest BCUT2D eigenvalue weighted by molar-refractivity contribution is 0.0680. The number of Topliss-reactive ketones (excluding diaryl/α,β-unsaturated/α-hetero) is 1. The summed E-state index contributed by atoms with van der Waals surface area (Å²) in [6, 6.07) is 46.9. The van der Waals surface area contributed by atoms with Crippen LogP contribution in [0.1, 0.15) is 69.3 Å². The third-order valence-electron chi connectivity index (χ3n) is 9.19. The van der Waals surface area contributed by atoms with Gasteiger partial charge in [0.1, 0.15) is 17.1 Å². The van der Waals surface area contributed by atoms with Crippen molar-refractivity contribution >= 4 is 11.8 Å². The Labute approximate surface area is 295 Å². The smallest absolute Gasteiger partial charge is 0.354 e. The van der Waals surface area contributed by atoms with Crippen LogP contribution in [-0.2, 0) is 18.5 Å². The predicted molar refractivity (Wildman–Crippen MR) is 196 cm³/mol. The summed E-state index contributed by atoms with van der Waals surface area (Å²) in [6.45, 7) is 3.62. The van der Waals surface area contributed by atoms with Crippen LogP contribution in [0, 0.1) is 0 Å². The van der Waals surface area contributed by atoms with E-state index in [2.05, 4.69) is 57.8 Å². The molecule has 2 aromatic heterocycles. The number of aromatic nitrogens is 6. The first kappa shape index (κ1) is 33.0. The van der Waals surface area contributed by atoms with Crippen molar-refractivity contribution in [3.63, 3.8) is 0 Å². The molecule has 7 rings (SSSR count). The normalized spacial score (nSPS) is 11.4. The summed E-state index contributed by atoms with van der Waals surface area (Å²) >= 11 is 0. The zero-order valence-electron chi connectivity index (χ0n) is 28.3. The summed E-state index contributed by atoms with van der Waals surface area (Å²) in [5.74, 6) is -0.360. The standard InChI is InChI=1S/C42H36N6O3/c1-3-15-37-43-38(29(2)49)39(41(50)51)47(37)28-30-24-26-31(27-25-30)35-22-13-14-23-36(35)40-44-45-46-48(40)42(32-16-7-4-8-17-32,33-18-9-5-10-19-33)34-20-11-6-12-21-34/h4-14,16-27H,3,15,28H2,1-2H3,(H,50,51). The molecule has 0 saturated carbocycles. The fourth-order valence-corrected chi connectivity index (χ4v) is 6.93. The molecular weight excluding hydrogens is 637 g/mol. The molecule has 0 fully saturated rings. The van der Waals surface area contributed by atoms with E-state index in [-0.39, 0.29) is 23.7 Å². The Balaban J connectivity index is 1.34. The van der Waals surface area contributed by atoms with Gasteiger partial charge >= 0.3 is 5.97 Å². The van der Waals surface area contributed by atoms with Crippen molar-refractivity contribution in [2.45, 2.75) is 38.8 Å². The van der Waals surface area contributed by atoms with E-state index >= 15 is 0 Å². The Morgan fingerprint density at radius 1 is 0.706 bits per heavy atom. The van der Waals surface area contributed by atoms with Gasteiger partial charge in [-0.3, -0.25) is 4.79 Å². The van der Waals surface area contributed by atoms with Crippen molar-refractivity contribution in [3.05, 3.63) is 179 Å². The van der Waals surface area contributed by atoms with Gasteiger partial charge < -0.3 is 9.67 Å². The van der Waals surface area contributed by atoms with Crippen molar-refractivity contribution < 1.29 is 14.7 Å². The van der Waals surface area contributed by atoms with Crippen LogP contribution < -0.4 is 0 Å². The van der Waals surface area contributed by atoms with Crippen LogP contribution in [-0.4, -0.2) is 46.6 Å². The molecule has 0 saturated heterocycles. The molecule has 9 nitrogen and oxygen atoms in total.